The molecule has 1 unspecified atom stereocenters. The fraction of sp³-hybridized carbons (Fsp3) is 0.423. The van der Waals surface area contributed by atoms with Crippen LogP contribution in [0, 0.1) is 6.92 Å². The second-order valence-electron chi connectivity index (χ2n) is 9.82. The maximum absolute atomic E-state index is 10.5. The van der Waals surface area contributed by atoms with Crippen molar-refractivity contribution in [2.24, 2.45) is 0 Å². The molecule has 0 bridgehead atoms. The van der Waals surface area contributed by atoms with Gasteiger partial charge in [0.1, 0.15) is 5.75 Å². The second kappa shape index (κ2) is 9.22. The fourth-order valence-corrected chi connectivity index (χ4v) is 4.58. The van der Waals surface area contributed by atoms with Gasteiger partial charge in [-0.3, -0.25) is 0 Å². The molecular weight excluding hydrogens is 442 g/mol. The number of rotatable bonds is 8. The number of hydrogen-bond acceptors (Lipinski definition) is 7. The Morgan fingerprint density at radius 2 is 2.11 bits per heavy atom. The Morgan fingerprint density at radius 3 is 2.74 bits per heavy atom. The molecule has 1 aromatic carbocycles. The van der Waals surface area contributed by atoms with Gasteiger partial charge in [0.15, 0.2) is 0 Å². The number of nitrogens with one attached hydrogen (secondary N) is 1. The van der Waals surface area contributed by atoms with Crippen LogP contribution in [0.3, 0.4) is 0 Å². The molecule has 1 aliphatic heterocycles. The van der Waals surface area contributed by atoms with Crippen LogP contribution >= 0.6 is 0 Å². The molecule has 9 heteroatoms. The van der Waals surface area contributed by atoms with Crippen LogP contribution in [0.5, 0.6) is 5.75 Å². The van der Waals surface area contributed by atoms with Crippen molar-refractivity contribution < 1.29 is 9.84 Å². The van der Waals surface area contributed by atoms with Gasteiger partial charge in [-0.15, -0.1) is 5.10 Å². The summed E-state index contributed by atoms with van der Waals surface area (Å²) in [7, 11) is 1.65. The van der Waals surface area contributed by atoms with Crippen LogP contribution in [-0.4, -0.2) is 54.7 Å². The lowest BCUT2D eigenvalue weighted by atomic mass is 9.91. The van der Waals surface area contributed by atoms with Crippen LogP contribution in [0.2, 0.25) is 0 Å². The zero-order valence-corrected chi connectivity index (χ0v) is 20.8. The van der Waals surface area contributed by atoms with Crippen molar-refractivity contribution in [2.45, 2.75) is 58.2 Å². The van der Waals surface area contributed by atoms with E-state index in [4.69, 9.17) is 14.8 Å². The Kier molecular flexibility index (Phi) is 6.10. The summed E-state index contributed by atoms with van der Waals surface area (Å²) in [6, 6.07) is 6.16. The smallest absolute Gasteiger partial charge is 0.248 e. The molecule has 2 N–H and O–H groups in total. The molecule has 3 heterocycles. The summed E-state index contributed by atoms with van der Waals surface area (Å²) in [6.45, 7) is 6.78. The van der Waals surface area contributed by atoms with Crippen LogP contribution in [0.1, 0.15) is 38.8 Å². The summed E-state index contributed by atoms with van der Waals surface area (Å²) in [5, 5.41) is 18.6. The molecule has 0 amide bonds. The molecule has 1 atom stereocenters. The molecule has 2 aliphatic rings. The molecule has 5 rings (SSSR count). The van der Waals surface area contributed by atoms with E-state index in [0.717, 1.165) is 48.8 Å². The van der Waals surface area contributed by atoms with Crippen molar-refractivity contribution in [3.8, 4) is 11.4 Å². The molecule has 9 nitrogen and oxygen atoms in total. The molecule has 3 aromatic rings. The third kappa shape index (κ3) is 4.95. The van der Waals surface area contributed by atoms with Crippen molar-refractivity contribution >= 4 is 17.6 Å². The Balaban J connectivity index is 1.42. The number of aliphatic hydroxyl groups is 1. The molecule has 2 aromatic heterocycles. The summed E-state index contributed by atoms with van der Waals surface area (Å²) < 4.78 is 9.38. The molecule has 0 spiro atoms. The van der Waals surface area contributed by atoms with E-state index in [1.54, 1.807) is 27.3 Å². The number of hydrogen-bond donors (Lipinski definition) is 2. The Morgan fingerprint density at radius 1 is 1.26 bits per heavy atom. The zero-order chi connectivity index (χ0) is 24.6. The highest BCUT2D eigenvalue weighted by Crippen LogP contribution is 2.34. The largest absolute Gasteiger partial charge is 0.494 e. The van der Waals surface area contributed by atoms with E-state index in [-0.39, 0.29) is 0 Å². The van der Waals surface area contributed by atoms with Crippen LogP contribution < -0.4 is 15.0 Å². The maximum Gasteiger partial charge on any atom is 0.248 e. The first-order chi connectivity index (χ1) is 16.8. The fourth-order valence-electron chi connectivity index (χ4n) is 4.58. The minimum absolute atomic E-state index is 0.294. The maximum atomic E-state index is 10.5. The highest BCUT2D eigenvalue weighted by Gasteiger charge is 2.35. The van der Waals surface area contributed by atoms with Crippen molar-refractivity contribution in [1.29, 1.82) is 0 Å². The van der Waals surface area contributed by atoms with E-state index in [1.165, 1.54) is 5.57 Å². The van der Waals surface area contributed by atoms with Crippen LogP contribution in [0.4, 0.5) is 17.6 Å². The highest BCUT2D eigenvalue weighted by molar-refractivity contribution is 5.62. The molecule has 35 heavy (non-hydrogen) atoms. The predicted octanol–water partition coefficient (Wildman–Crippen LogP) is 4.15. The van der Waals surface area contributed by atoms with Gasteiger partial charge in [-0.2, -0.15) is 4.98 Å². The number of methoxy groups -OCH3 is 1. The first-order valence-electron chi connectivity index (χ1n) is 12.1. The van der Waals surface area contributed by atoms with E-state index in [1.807, 2.05) is 40.6 Å². The van der Waals surface area contributed by atoms with E-state index in [0.29, 0.717) is 24.3 Å². The zero-order valence-electron chi connectivity index (χ0n) is 20.8. The Bertz CT molecular complexity index is 1260. The van der Waals surface area contributed by atoms with Crippen LogP contribution in [0.15, 0.2) is 54.5 Å². The Labute approximate surface area is 205 Å². The van der Waals surface area contributed by atoms with Gasteiger partial charge in [-0.05, 0) is 57.7 Å². The molecule has 1 saturated heterocycles. The molecular formula is C26H33N7O2. The molecule has 0 radical (unpaired) electrons. The normalized spacial score (nSPS) is 17.8. The second-order valence-corrected chi connectivity index (χ2v) is 9.82. The van der Waals surface area contributed by atoms with Gasteiger partial charge >= 0.3 is 0 Å². The Hall–Kier alpha value is -3.59. The van der Waals surface area contributed by atoms with Crippen LogP contribution in [0.25, 0.3) is 5.69 Å². The number of aryl methyl sites for hydroxylation is 1. The SMILES string of the molecule is COc1cc(Nc2nc(N3CCC3C3=CCCC=C3)n(CC(C)(C)O)n2)ccc1-n1cnc(C)c1. The molecule has 1 aliphatic carbocycles. The monoisotopic (exact) mass is 475 g/mol. The third-order valence-electron chi connectivity index (χ3n) is 6.30. The van der Waals surface area contributed by atoms with Gasteiger partial charge in [0, 0.05) is 24.5 Å². The predicted molar refractivity (Wildman–Crippen MR) is 137 cm³/mol. The quantitative estimate of drug-likeness (QED) is 0.505. The number of aromatic nitrogens is 5. The summed E-state index contributed by atoms with van der Waals surface area (Å²) >= 11 is 0. The number of benzene rings is 1. The average Bonchev–Trinajstić information content (AvgIpc) is 3.38. The number of allylic oxidation sites excluding steroid dienone is 2. The van der Waals surface area contributed by atoms with Gasteiger partial charge in [0.2, 0.25) is 11.9 Å². The number of anilines is 3. The van der Waals surface area contributed by atoms with Crippen molar-refractivity contribution in [3.63, 3.8) is 0 Å². The number of nitrogens with zero attached hydrogens (tertiary/aromatic N) is 6. The van der Waals surface area contributed by atoms with Crippen molar-refractivity contribution in [2.75, 3.05) is 23.9 Å². The lowest BCUT2D eigenvalue weighted by molar-refractivity contribution is 0.0579. The number of ether oxygens (including phenoxy) is 1. The van der Waals surface area contributed by atoms with Gasteiger partial charge in [0.25, 0.3) is 0 Å². The summed E-state index contributed by atoms with van der Waals surface area (Å²) in [6.07, 6.45) is 13.8. The molecule has 1 fully saturated rings. The topological polar surface area (TPSA) is 93.3 Å². The van der Waals surface area contributed by atoms with Crippen molar-refractivity contribution in [1.82, 2.24) is 24.3 Å². The minimum Gasteiger partial charge on any atom is -0.494 e. The lowest BCUT2D eigenvalue weighted by Gasteiger charge is -2.43. The van der Waals surface area contributed by atoms with Crippen molar-refractivity contribution in [3.05, 3.63) is 60.2 Å². The first kappa shape index (κ1) is 23.2. The van der Waals surface area contributed by atoms with Gasteiger partial charge in [-0.1, -0.05) is 18.2 Å². The molecule has 184 valence electrons. The van der Waals surface area contributed by atoms with Gasteiger partial charge < -0.3 is 24.6 Å². The van der Waals surface area contributed by atoms with E-state index in [9.17, 15) is 5.11 Å². The van der Waals surface area contributed by atoms with Gasteiger partial charge in [0.05, 0.1) is 43.0 Å². The summed E-state index contributed by atoms with van der Waals surface area (Å²) in [5.74, 6) is 1.96. The summed E-state index contributed by atoms with van der Waals surface area (Å²) in [4.78, 5) is 11.4. The van der Waals surface area contributed by atoms with E-state index < -0.39 is 5.60 Å². The minimum atomic E-state index is -0.919. The number of imidazole rings is 1. The van der Waals surface area contributed by atoms with E-state index in [2.05, 4.69) is 33.4 Å². The van der Waals surface area contributed by atoms with Crippen LogP contribution in [-0.2, 0) is 6.54 Å². The molecule has 0 saturated carbocycles. The van der Waals surface area contributed by atoms with E-state index >= 15 is 0 Å². The standard InChI is InChI=1S/C26H33N7O2/c1-18-15-31(17-27-18)22-11-10-20(14-23(22)35-4)28-24-29-25(33(30-24)16-26(2,3)34)32-13-12-21(32)19-8-6-5-7-9-19/h6,8-11,14-15,17,21,34H,5,7,12-13,16H2,1-4H3,(H,28,30). The lowest BCUT2D eigenvalue weighted by Crippen LogP contribution is -2.50. The third-order valence-corrected chi connectivity index (χ3v) is 6.30. The average molecular weight is 476 g/mol. The highest BCUT2D eigenvalue weighted by atomic mass is 16.5. The van der Waals surface area contributed by atoms with Gasteiger partial charge in [-0.25, -0.2) is 9.67 Å². The first-order valence-corrected chi connectivity index (χ1v) is 12.1. The summed E-state index contributed by atoms with van der Waals surface area (Å²) in [5.41, 5.74) is 3.07.